The number of rotatable bonds is 4. The Kier molecular flexibility index (Phi) is 4.55. The molecule has 0 radical (unpaired) electrons. The van der Waals surface area contributed by atoms with Gasteiger partial charge in [-0.15, -0.1) is 0 Å². The van der Waals surface area contributed by atoms with Crippen LogP contribution in [-0.4, -0.2) is 17.9 Å². The van der Waals surface area contributed by atoms with Crippen LogP contribution in [0.4, 0.5) is 0 Å². The molecule has 70 valence electrons. The van der Waals surface area contributed by atoms with E-state index in [2.05, 4.69) is 0 Å². The van der Waals surface area contributed by atoms with Crippen LogP contribution in [0.15, 0.2) is 0 Å². The Morgan fingerprint density at radius 1 is 1.17 bits per heavy atom. The van der Waals surface area contributed by atoms with Gasteiger partial charge in [0.15, 0.2) is 0 Å². The Morgan fingerprint density at radius 2 is 1.67 bits per heavy atom. The Balaban J connectivity index is 3.86. The van der Waals surface area contributed by atoms with Gasteiger partial charge in [0, 0.05) is 6.42 Å². The second-order valence-electron chi connectivity index (χ2n) is 3.48. The maximum Gasteiger partial charge on any atom is 0.374 e. The SMILES string of the molecule is CC(C)CC(=O)C(=O)OC(C)C. The normalized spacial score (nSPS) is 10.5. The molecule has 0 aliphatic rings. The fourth-order valence-corrected chi connectivity index (χ4v) is 0.734. The quantitative estimate of drug-likeness (QED) is 0.477. The molecule has 3 nitrogen and oxygen atoms in total. The maximum absolute atomic E-state index is 11.0. The van der Waals surface area contributed by atoms with Crippen molar-refractivity contribution in [3.8, 4) is 0 Å². The summed E-state index contributed by atoms with van der Waals surface area (Å²) in [5.74, 6) is -0.936. The molecule has 0 N–H and O–H groups in total. The van der Waals surface area contributed by atoms with Crippen molar-refractivity contribution in [2.75, 3.05) is 0 Å². The summed E-state index contributed by atoms with van der Waals surface area (Å²) in [5, 5.41) is 0. The highest BCUT2D eigenvalue weighted by Crippen LogP contribution is 2.02. The number of carbonyl (C=O) groups excluding carboxylic acids is 2. The maximum atomic E-state index is 11.0. The van der Waals surface area contributed by atoms with Gasteiger partial charge in [0.05, 0.1) is 6.10 Å². The van der Waals surface area contributed by atoms with E-state index in [0.717, 1.165) is 0 Å². The van der Waals surface area contributed by atoms with E-state index in [9.17, 15) is 9.59 Å². The summed E-state index contributed by atoms with van der Waals surface area (Å²) in [7, 11) is 0. The van der Waals surface area contributed by atoms with E-state index in [-0.39, 0.29) is 18.4 Å². The van der Waals surface area contributed by atoms with Gasteiger partial charge in [-0.05, 0) is 19.8 Å². The van der Waals surface area contributed by atoms with Crippen molar-refractivity contribution >= 4 is 11.8 Å². The summed E-state index contributed by atoms with van der Waals surface area (Å²) in [4.78, 5) is 21.9. The molecule has 0 aliphatic carbocycles. The van der Waals surface area contributed by atoms with Crippen molar-refractivity contribution in [3.05, 3.63) is 0 Å². The predicted molar refractivity (Wildman–Crippen MR) is 45.7 cm³/mol. The average Bonchev–Trinajstić information content (AvgIpc) is 1.84. The minimum Gasteiger partial charge on any atom is -0.457 e. The fourth-order valence-electron chi connectivity index (χ4n) is 0.734. The standard InChI is InChI=1S/C9H16O3/c1-6(2)5-8(10)9(11)12-7(3)4/h6-7H,5H2,1-4H3. The Morgan fingerprint density at radius 3 is 2.00 bits per heavy atom. The van der Waals surface area contributed by atoms with Crippen LogP contribution in [0.5, 0.6) is 0 Å². The summed E-state index contributed by atoms with van der Waals surface area (Å²) in [6.07, 6.45) is 0.0552. The lowest BCUT2D eigenvalue weighted by Gasteiger charge is -2.07. The summed E-state index contributed by atoms with van der Waals surface area (Å²) in [5.41, 5.74) is 0. The molecule has 0 heterocycles. The first-order chi connectivity index (χ1) is 5.43. The number of esters is 1. The zero-order valence-corrected chi connectivity index (χ0v) is 8.09. The van der Waals surface area contributed by atoms with Crippen molar-refractivity contribution in [1.82, 2.24) is 0 Å². The van der Waals surface area contributed by atoms with Gasteiger partial charge in [0.25, 0.3) is 0 Å². The molecule has 0 amide bonds. The van der Waals surface area contributed by atoms with Crippen LogP contribution in [-0.2, 0) is 14.3 Å². The van der Waals surface area contributed by atoms with Crippen LogP contribution in [0.3, 0.4) is 0 Å². The number of carbonyl (C=O) groups is 2. The Bertz CT molecular complexity index is 151. The minimum atomic E-state index is -0.710. The third-order valence-electron chi connectivity index (χ3n) is 1.16. The van der Waals surface area contributed by atoms with Gasteiger partial charge in [-0.2, -0.15) is 0 Å². The number of ketones is 1. The zero-order valence-electron chi connectivity index (χ0n) is 8.09. The molecular weight excluding hydrogens is 156 g/mol. The molecule has 0 bridgehead atoms. The van der Waals surface area contributed by atoms with Crippen LogP contribution in [0.25, 0.3) is 0 Å². The number of hydrogen-bond donors (Lipinski definition) is 0. The van der Waals surface area contributed by atoms with Gasteiger partial charge in [-0.1, -0.05) is 13.8 Å². The van der Waals surface area contributed by atoms with E-state index in [1.807, 2.05) is 13.8 Å². The van der Waals surface area contributed by atoms with Gasteiger partial charge in [0.1, 0.15) is 0 Å². The second-order valence-corrected chi connectivity index (χ2v) is 3.48. The molecule has 3 heteroatoms. The van der Waals surface area contributed by atoms with E-state index in [0.29, 0.717) is 0 Å². The second kappa shape index (κ2) is 4.91. The third-order valence-corrected chi connectivity index (χ3v) is 1.16. The third kappa shape index (κ3) is 4.88. The smallest absolute Gasteiger partial charge is 0.374 e. The average molecular weight is 172 g/mol. The molecule has 0 saturated carbocycles. The highest BCUT2D eigenvalue weighted by molar-refractivity contribution is 6.33. The highest BCUT2D eigenvalue weighted by Gasteiger charge is 2.17. The largest absolute Gasteiger partial charge is 0.457 e. The van der Waals surface area contributed by atoms with E-state index in [4.69, 9.17) is 4.74 Å². The van der Waals surface area contributed by atoms with E-state index in [1.54, 1.807) is 13.8 Å². The molecular formula is C9H16O3. The van der Waals surface area contributed by atoms with Crippen LogP contribution >= 0.6 is 0 Å². The van der Waals surface area contributed by atoms with E-state index in [1.165, 1.54) is 0 Å². The lowest BCUT2D eigenvalue weighted by molar-refractivity contribution is -0.157. The Labute approximate surface area is 73.1 Å². The van der Waals surface area contributed by atoms with Crippen LogP contribution in [0.1, 0.15) is 34.1 Å². The topological polar surface area (TPSA) is 43.4 Å². The van der Waals surface area contributed by atoms with Crippen molar-refractivity contribution in [1.29, 1.82) is 0 Å². The summed E-state index contributed by atoms with van der Waals surface area (Å²) in [6.45, 7) is 7.22. The highest BCUT2D eigenvalue weighted by atomic mass is 16.5. The van der Waals surface area contributed by atoms with Crippen molar-refractivity contribution in [2.24, 2.45) is 5.92 Å². The number of ether oxygens (including phenoxy) is 1. The lowest BCUT2D eigenvalue weighted by atomic mass is 10.1. The zero-order chi connectivity index (χ0) is 9.72. The molecule has 0 aromatic rings. The van der Waals surface area contributed by atoms with Gasteiger partial charge in [-0.25, -0.2) is 4.79 Å². The molecule has 0 atom stereocenters. The van der Waals surface area contributed by atoms with Gasteiger partial charge < -0.3 is 4.74 Å². The van der Waals surface area contributed by atoms with Crippen LogP contribution in [0, 0.1) is 5.92 Å². The molecule has 12 heavy (non-hydrogen) atoms. The lowest BCUT2D eigenvalue weighted by Crippen LogP contribution is -2.22. The molecule has 0 unspecified atom stereocenters. The van der Waals surface area contributed by atoms with Gasteiger partial charge in [0.2, 0.25) is 5.78 Å². The first kappa shape index (κ1) is 11.1. The predicted octanol–water partition coefficient (Wildman–Crippen LogP) is 1.55. The monoisotopic (exact) mass is 172 g/mol. The summed E-state index contributed by atoms with van der Waals surface area (Å²) >= 11 is 0. The van der Waals surface area contributed by atoms with E-state index < -0.39 is 11.8 Å². The van der Waals surface area contributed by atoms with Gasteiger partial charge in [-0.3, -0.25) is 4.79 Å². The number of hydrogen-bond acceptors (Lipinski definition) is 3. The van der Waals surface area contributed by atoms with Crippen molar-refractivity contribution in [3.63, 3.8) is 0 Å². The van der Waals surface area contributed by atoms with Crippen molar-refractivity contribution in [2.45, 2.75) is 40.2 Å². The molecule has 0 aromatic heterocycles. The summed E-state index contributed by atoms with van der Waals surface area (Å²) < 4.78 is 4.72. The van der Waals surface area contributed by atoms with Crippen LogP contribution < -0.4 is 0 Å². The first-order valence-electron chi connectivity index (χ1n) is 4.17. The fraction of sp³-hybridized carbons (Fsp3) is 0.778. The summed E-state index contributed by atoms with van der Waals surface area (Å²) in [6, 6.07) is 0. The molecule has 0 aliphatic heterocycles. The van der Waals surface area contributed by atoms with Crippen LogP contribution in [0.2, 0.25) is 0 Å². The van der Waals surface area contributed by atoms with E-state index >= 15 is 0 Å². The van der Waals surface area contributed by atoms with Crippen molar-refractivity contribution < 1.29 is 14.3 Å². The molecule has 0 rings (SSSR count). The van der Waals surface area contributed by atoms with Gasteiger partial charge >= 0.3 is 5.97 Å². The first-order valence-corrected chi connectivity index (χ1v) is 4.17. The molecule has 0 fully saturated rings. The molecule has 0 aromatic carbocycles. The molecule has 0 spiro atoms. The molecule has 0 saturated heterocycles. The Hall–Kier alpha value is -0.860. The minimum absolute atomic E-state index is 0.206. The number of Topliss-reactive ketones (excluding diaryl/α,β-unsaturated/α-hetero) is 1.